The Morgan fingerprint density at radius 3 is 2.34 bits per heavy atom. The number of ether oxygens (including phenoxy) is 1. The lowest BCUT2D eigenvalue weighted by Gasteiger charge is -2.37. The second-order valence-corrected chi connectivity index (χ2v) is 10.6. The Bertz CT molecular complexity index is 1530. The van der Waals surface area contributed by atoms with Gasteiger partial charge < -0.3 is 9.15 Å². The van der Waals surface area contributed by atoms with E-state index in [9.17, 15) is 0 Å². The summed E-state index contributed by atoms with van der Waals surface area (Å²) in [5.74, 6) is 0.920. The molecule has 1 aliphatic rings. The molecule has 0 radical (unpaired) electrons. The Hall–Kier alpha value is -3.33. The van der Waals surface area contributed by atoms with Crippen molar-refractivity contribution in [1.29, 1.82) is 0 Å². The number of para-hydroxylation sites is 2. The quantitative estimate of drug-likeness (QED) is 0.275. The van der Waals surface area contributed by atoms with Crippen LogP contribution in [0.5, 0.6) is 5.75 Å². The molecule has 3 nitrogen and oxygen atoms in total. The van der Waals surface area contributed by atoms with E-state index in [-0.39, 0.29) is 5.41 Å². The van der Waals surface area contributed by atoms with Gasteiger partial charge in [0.15, 0.2) is 5.75 Å². The highest BCUT2D eigenvalue weighted by atomic mass is 16.5. The molecule has 0 amide bonds. The summed E-state index contributed by atoms with van der Waals surface area (Å²) in [6, 6.07) is 20.9. The number of benzene rings is 3. The predicted octanol–water partition coefficient (Wildman–Crippen LogP) is 8.02. The van der Waals surface area contributed by atoms with Gasteiger partial charge in [0.05, 0.1) is 5.52 Å². The first-order valence-corrected chi connectivity index (χ1v) is 11.3. The molecule has 160 valence electrons. The maximum Gasteiger partial charge on any atom is 0.150 e. The SMILES string of the molecule is CC(C)(C)Cc1c2c(nc3ccccc13)-c1ccc3oc4ccccc4c3c1C(C)(C)O2. The van der Waals surface area contributed by atoms with Crippen molar-refractivity contribution in [2.45, 2.75) is 46.6 Å². The smallest absolute Gasteiger partial charge is 0.150 e. The molecular weight excluding hydrogens is 394 g/mol. The zero-order chi connectivity index (χ0) is 22.3. The fourth-order valence-corrected chi connectivity index (χ4v) is 5.21. The molecule has 32 heavy (non-hydrogen) atoms. The minimum absolute atomic E-state index is 0.121. The van der Waals surface area contributed by atoms with Crippen molar-refractivity contribution in [1.82, 2.24) is 4.98 Å². The fraction of sp³-hybridized carbons (Fsp3) is 0.276. The minimum Gasteiger partial charge on any atom is -0.481 e. The van der Waals surface area contributed by atoms with E-state index in [0.717, 1.165) is 56.4 Å². The molecular formula is C29H27NO2. The zero-order valence-electron chi connectivity index (χ0n) is 19.2. The average Bonchev–Trinajstić information content (AvgIpc) is 3.12. The van der Waals surface area contributed by atoms with Crippen LogP contribution in [0, 0.1) is 5.41 Å². The van der Waals surface area contributed by atoms with E-state index >= 15 is 0 Å². The Labute approximate surface area is 188 Å². The molecule has 0 spiro atoms. The number of hydrogen-bond acceptors (Lipinski definition) is 3. The van der Waals surface area contributed by atoms with Gasteiger partial charge in [-0.05, 0) is 49.9 Å². The Morgan fingerprint density at radius 2 is 1.56 bits per heavy atom. The van der Waals surface area contributed by atoms with Gasteiger partial charge in [0, 0.05) is 32.8 Å². The standard InChI is InChI=1S/C29H27NO2/c1-28(2,3)16-20-17-10-6-8-12-21(17)30-26-19-14-15-23-24(18-11-7-9-13-22(18)31-23)25(19)29(4,5)32-27(20)26/h6-15H,16H2,1-5H3. The molecule has 5 aromatic rings. The first kappa shape index (κ1) is 19.4. The number of pyridine rings is 1. The van der Waals surface area contributed by atoms with E-state index in [1.54, 1.807) is 0 Å². The summed E-state index contributed by atoms with van der Waals surface area (Å²) in [6.07, 6.45) is 0.917. The summed E-state index contributed by atoms with van der Waals surface area (Å²) in [4.78, 5) is 5.13. The van der Waals surface area contributed by atoms with Crippen molar-refractivity contribution in [3.63, 3.8) is 0 Å². The van der Waals surface area contributed by atoms with Crippen LogP contribution >= 0.6 is 0 Å². The monoisotopic (exact) mass is 421 g/mol. The van der Waals surface area contributed by atoms with Crippen molar-refractivity contribution in [2.24, 2.45) is 5.41 Å². The van der Waals surface area contributed by atoms with Gasteiger partial charge in [-0.1, -0.05) is 57.2 Å². The molecule has 3 heterocycles. The second kappa shape index (κ2) is 6.35. The average molecular weight is 422 g/mol. The molecule has 0 unspecified atom stereocenters. The largest absolute Gasteiger partial charge is 0.481 e. The Morgan fingerprint density at radius 1 is 0.844 bits per heavy atom. The molecule has 0 aliphatic carbocycles. The summed E-state index contributed by atoms with van der Waals surface area (Å²) >= 11 is 0. The summed E-state index contributed by atoms with van der Waals surface area (Å²) in [7, 11) is 0. The lowest BCUT2D eigenvalue weighted by Crippen LogP contribution is -2.31. The maximum absolute atomic E-state index is 6.85. The van der Waals surface area contributed by atoms with Crippen molar-refractivity contribution in [2.75, 3.05) is 0 Å². The summed E-state index contributed by atoms with van der Waals surface area (Å²) in [5.41, 5.74) is 6.86. The topological polar surface area (TPSA) is 35.3 Å². The van der Waals surface area contributed by atoms with Gasteiger partial charge in [-0.2, -0.15) is 0 Å². The molecule has 3 aromatic carbocycles. The third-order valence-corrected chi connectivity index (χ3v) is 6.42. The molecule has 1 aliphatic heterocycles. The molecule has 0 bridgehead atoms. The van der Waals surface area contributed by atoms with Crippen molar-refractivity contribution < 1.29 is 9.15 Å². The second-order valence-electron chi connectivity index (χ2n) is 10.6. The van der Waals surface area contributed by atoms with Crippen molar-refractivity contribution in [3.8, 4) is 17.0 Å². The van der Waals surface area contributed by atoms with Crippen LogP contribution in [0.2, 0.25) is 0 Å². The van der Waals surface area contributed by atoms with Crippen LogP contribution in [0.1, 0.15) is 45.7 Å². The highest BCUT2D eigenvalue weighted by Crippen LogP contribution is 2.51. The fourth-order valence-electron chi connectivity index (χ4n) is 5.21. The Kier molecular flexibility index (Phi) is 3.84. The highest BCUT2D eigenvalue weighted by molar-refractivity contribution is 6.10. The van der Waals surface area contributed by atoms with Gasteiger partial charge in [0.2, 0.25) is 0 Å². The van der Waals surface area contributed by atoms with Crippen LogP contribution in [0.4, 0.5) is 0 Å². The van der Waals surface area contributed by atoms with Crippen LogP contribution in [0.15, 0.2) is 65.1 Å². The summed E-state index contributed by atoms with van der Waals surface area (Å²) < 4.78 is 13.0. The molecule has 0 saturated carbocycles. The van der Waals surface area contributed by atoms with E-state index in [1.165, 1.54) is 10.9 Å². The first-order chi connectivity index (χ1) is 15.2. The van der Waals surface area contributed by atoms with Crippen LogP contribution in [-0.4, -0.2) is 4.98 Å². The molecule has 3 heteroatoms. The van der Waals surface area contributed by atoms with Gasteiger partial charge >= 0.3 is 0 Å². The lowest BCUT2D eigenvalue weighted by molar-refractivity contribution is 0.105. The zero-order valence-corrected chi connectivity index (χ0v) is 19.2. The van der Waals surface area contributed by atoms with E-state index in [1.807, 2.05) is 12.1 Å². The van der Waals surface area contributed by atoms with Crippen LogP contribution in [0.3, 0.4) is 0 Å². The minimum atomic E-state index is -0.523. The number of furan rings is 1. The summed E-state index contributed by atoms with van der Waals surface area (Å²) in [5, 5.41) is 3.42. The maximum atomic E-state index is 6.85. The van der Waals surface area contributed by atoms with Gasteiger partial charge in [-0.3, -0.25) is 0 Å². The van der Waals surface area contributed by atoms with Crippen molar-refractivity contribution in [3.05, 3.63) is 71.8 Å². The predicted molar refractivity (Wildman–Crippen MR) is 131 cm³/mol. The van der Waals surface area contributed by atoms with E-state index in [0.29, 0.717) is 0 Å². The third-order valence-electron chi connectivity index (χ3n) is 6.42. The molecule has 6 rings (SSSR count). The van der Waals surface area contributed by atoms with Crippen LogP contribution < -0.4 is 4.74 Å². The number of fused-ring (bicyclic) bond motifs is 8. The molecule has 0 N–H and O–H groups in total. The highest BCUT2D eigenvalue weighted by Gasteiger charge is 2.38. The number of aromatic nitrogens is 1. The van der Waals surface area contributed by atoms with Crippen LogP contribution in [0.25, 0.3) is 44.1 Å². The summed E-state index contributed by atoms with van der Waals surface area (Å²) in [6.45, 7) is 11.1. The van der Waals surface area contributed by atoms with E-state index < -0.39 is 5.60 Å². The molecule has 0 saturated heterocycles. The first-order valence-electron chi connectivity index (χ1n) is 11.3. The third kappa shape index (κ3) is 2.77. The van der Waals surface area contributed by atoms with Gasteiger partial charge in [-0.25, -0.2) is 4.98 Å². The Balaban J connectivity index is 1.75. The molecule has 0 fully saturated rings. The number of nitrogens with zero attached hydrogens (tertiary/aromatic N) is 1. The van der Waals surface area contributed by atoms with Crippen molar-refractivity contribution >= 4 is 32.8 Å². The van der Waals surface area contributed by atoms with E-state index in [2.05, 4.69) is 83.1 Å². The van der Waals surface area contributed by atoms with Gasteiger partial charge in [-0.15, -0.1) is 0 Å². The normalized spacial score (nSPS) is 15.0. The lowest BCUT2D eigenvalue weighted by atomic mass is 9.81. The van der Waals surface area contributed by atoms with Gasteiger partial charge in [0.25, 0.3) is 0 Å². The molecule has 0 atom stereocenters. The van der Waals surface area contributed by atoms with E-state index in [4.69, 9.17) is 14.1 Å². The van der Waals surface area contributed by atoms with Crippen LogP contribution in [-0.2, 0) is 12.0 Å². The molecule has 2 aromatic heterocycles. The number of rotatable bonds is 1. The number of hydrogen-bond donors (Lipinski definition) is 0. The van der Waals surface area contributed by atoms with Gasteiger partial charge in [0.1, 0.15) is 22.5 Å².